The second-order valence-electron chi connectivity index (χ2n) is 17.3. The van der Waals surface area contributed by atoms with E-state index in [1.54, 1.807) is 0 Å². The van der Waals surface area contributed by atoms with Crippen LogP contribution in [0.1, 0.15) is 64.8 Å². The third kappa shape index (κ3) is 6.12. The van der Waals surface area contributed by atoms with Gasteiger partial charge in [0.1, 0.15) is 0 Å². The summed E-state index contributed by atoms with van der Waals surface area (Å²) >= 11 is 0. The number of rotatable bonds is 6. The monoisotopic (exact) mass is 820 g/mol. The summed E-state index contributed by atoms with van der Waals surface area (Å²) in [5.41, 5.74) is 19.2. The van der Waals surface area contributed by atoms with Crippen molar-refractivity contribution in [3.8, 4) is 56.2 Å². The second-order valence-corrected chi connectivity index (χ2v) is 17.3. The lowest BCUT2D eigenvalue weighted by Crippen LogP contribution is -2.26. The maximum atomic E-state index is 5.80. The minimum Gasteiger partial charge on any atom is -0.258 e. The molecule has 0 saturated carbocycles. The molecule has 0 fully saturated rings. The van der Waals surface area contributed by atoms with Crippen LogP contribution in [0.4, 0.5) is 0 Å². The molecule has 4 heteroatoms. The van der Waals surface area contributed by atoms with Gasteiger partial charge in [-0.2, -0.15) is 0 Å². The Bertz CT molecular complexity index is 3180. The van der Waals surface area contributed by atoms with Crippen LogP contribution in [0.2, 0.25) is 0 Å². The van der Waals surface area contributed by atoms with Gasteiger partial charge in [-0.05, 0) is 80.5 Å². The number of nitrogens with zero attached hydrogens (tertiary/aromatic N) is 4. The van der Waals surface area contributed by atoms with Gasteiger partial charge in [0, 0.05) is 22.3 Å². The van der Waals surface area contributed by atoms with Crippen LogP contribution in [-0.4, -0.2) is 21.5 Å². The first-order valence-electron chi connectivity index (χ1n) is 22.4. The standard InChI is InChI=1S/C60H44N4/c1-39-32-37-53(40-18-5-2-6-19-40)61-59(48-27-17-31-52-56(48)47-26-13-16-30-51(47)60(52)49-28-14-11-24-45(49)46-25-12-15-29-50(46)60)64-57(39)43-35-33-42(34-36-43)55-38-54(41-20-7-3-8-21-41)62-58(63-55)44-22-9-4-10-23-44/h2-31,33-36,38-39,57H,32,37H2,1H3. The molecular formula is C60H44N4. The highest BCUT2D eigenvalue weighted by atomic mass is 15.0. The maximum absolute atomic E-state index is 5.80. The molecule has 0 amide bonds. The molecule has 3 aliphatic rings. The average molecular weight is 821 g/mol. The van der Waals surface area contributed by atoms with Gasteiger partial charge in [-0.25, -0.2) is 15.0 Å². The molecule has 64 heavy (non-hydrogen) atoms. The van der Waals surface area contributed by atoms with E-state index in [-0.39, 0.29) is 12.0 Å². The molecule has 2 aliphatic carbocycles. The van der Waals surface area contributed by atoms with E-state index in [4.69, 9.17) is 20.0 Å². The van der Waals surface area contributed by atoms with E-state index in [2.05, 4.69) is 195 Å². The fourth-order valence-corrected chi connectivity index (χ4v) is 10.6. The summed E-state index contributed by atoms with van der Waals surface area (Å²) in [7, 11) is 0. The lowest BCUT2D eigenvalue weighted by Gasteiger charge is -2.30. The predicted octanol–water partition coefficient (Wildman–Crippen LogP) is 14.2. The fraction of sp³-hybridized carbons (Fsp3) is 0.100. The Morgan fingerprint density at radius 1 is 0.438 bits per heavy atom. The molecule has 0 N–H and O–H groups in total. The Balaban J connectivity index is 1.02. The quantitative estimate of drug-likeness (QED) is 0.168. The molecular weight excluding hydrogens is 777 g/mol. The first-order valence-corrected chi connectivity index (χ1v) is 22.4. The maximum Gasteiger partial charge on any atom is 0.160 e. The van der Waals surface area contributed by atoms with Crippen LogP contribution >= 0.6 is 0 Å². The molecule has 1 spiro atoms. The van der Waals surface area contributed by atoms with E-state index < -0.39 is 5.41 Å². The third-order valence-corrected chi connectivity index (χ3v) is 13.6. The summed E-state index contributed by atoms with van der Waals surface area (Å²) in [6.07, 6.45) is 1.80. The van der Waals surface area contributed by atoms with E-state index in [1.165, 1.54) is 44.5 Å². The molecule has 0 bridgehead atoms. The van der Waals surface area contributed by atoms with Gasteiger partial charge in [0.05, 0.1) is 28.6 Å². The Hall–Kier alpha value is -7.82. The lowest BCUT2D eigenvalue weighted by molar-refractivity contribution is 0.446. The van der Waals surface area contributed by atoms with Crippen molar-refractivity contribution in [2.45, 2.75) is 31.2 Å². The first kappa shape index (κ1) is 37.9. The number of amidine groups is 1. The van der Waals surface area contributed by atoms with Crippen LogP contribution < -0.4 is 0 Å². The van der Waals surface area contributed by atoms with Gasteiger partial charge >= 0.3 is 0 Å². The van der Waals surface area contributed by atoms with Crippen LogP contribution in [0.15, 0.2) is 222 Å². The summed E-state index contributed by atoms with van der Waals surface area (Å²) in [4.78, 5) is 21.6. The summed E-state index contributed by atoms with van der Waals surface area (Å²) in [6, 6.07) is 76.0. The summed E-state index contributed by atoms with van der Waals surface area (Å²) in [6.45, 7) is 2.35. The Morgan fingerprint density at radius 3 is 1.55 bits per heavy atom. The molecule has 9 aromatic rings. The lowest BCUT2D eigenvalue weighted by atomic mass is 9.70. The molecule has 0 saturated heterocycles. The molecule has 2 unspecified atom stereocenters. The van der Waals surface area contributed by atoms with Gasteiger partial charge < -0.3 is 0 Å². The van der Waals surface area contributed by atoms with Crippen LogP contribution in [0.3, 0.4) is 0 Å². The van der Waals surface area contributed by atoms with E-state index in [1.807, 2.05) is 24.3 Å². The van der Waals surface area contributed by atoms with E-state index in [0.29, 0.717) is 5.82 Å². The highest BCUT2D eigenvalue weighted by Gasteiger charge is 2.52. The van der Waals surface area contributed by atoms with Crippen molar-refractivity contribution in [2.75, 3.05) is 0 Å². The van der Waals surface area contributed by atoms with Gasteiger partial charge in [-0.1, -0.05) is 213 Å². The van der Waals surface area contributed by atoms with Gasteiger partial charge in [-0.3, -0.25) is 4.99 Å². The molecule has 8 aromatic carbocycles. The first-order chi connectivity index (χ1) is 31.6. The largest absolute Gasteiger partial charge is 0.258 e. The molecule has 1 aliphatic heterocycles. The van der Waals surface area contributed by atoms with Crippen LogP contribution in [-0.2, 0) is 5.41 Å². The smallest absolute Gasteiger partial charge is 0.160 e. The van der Waals surface area contributed by atoms with Gasteiger partial charge in [0.25, 0.3) is 0 Å². The number of aliphatic imine (C=N–C) groups is 2. The molecule has 2 atom stereocenters. The zero-order valence-electron chi connectivity index (χ0n) is 35.6. The Morgan fingerprint density at radius 2 is 0.922 bits per heavy atom. The molecule has 4 nitrogen and oxygen atoms in total. The highest BCUT2D eigenvalue weighted by Crippen LogP contribution is 2.63. The van der Waals surface area contributed by atoms with E-state index in [9.17, 15) is 0 Å². The number of fused-ring (bicyclic) bond motifs is 10. The Kier molecular flexibility index (Phi) is 9.19. The van der Waals surface area contributed by atoms with E-state index in [0.717, 1.165) is 69.2 Å². The van der Waals surface area contributed by atoms with Gasteiger partial charge in [-0.15, -0.1) is 0 Å². The second kappa shape index (κ2) is 15.5. The SMILES string of the molecule is CC1CCC(c2ccccc2)=NC(c2cccc3c2-c2ccccc2C32c3ccccc3-c3ccccc32)=NC1c1ccc(-c2cc(-c3ccccc3)nc(-c3ccccc3)n2)cc1. The molecule has 0 radical (unpaired) electrons. The van der Waals surface area contributed by atoms with Crippen LogP contribution in [0.25, 0.3) is 56.2 Å². The third-order valence-electron chi connectivity index (χ3n) is 13.6. The molecule has 304 valence electrons. The zero-order valence-corrected chi connectivity index (χ0v) is 35.6. The molecule has 12 rings (SSSR count). The number of hydrogen-bond donors (Lipinski definition) is 0. The predicted molar refractivity (Wildman–Crippen MR) is 262 cm³/mol. The Labute approximate surface area is 374 Å². The summed E-state index contributed by atoms with van der Waals surface area (Å²) in [5.74, 6) is 1.73. The van der Waals surface area contributed by atoms with Crippen molar-refractivity contribution in [1.82, 2.24) is 9.97 Å². The summed E-state index contributed by atoms with van der Waals surface area (Å²) in [5, 5.41) is 0. The van der Waals surface area contributed by atoms with Gasteiger partial charge in [0.2, 0.25) is 0 Å². The van der Waals surface area contributed by atoms with Crippen molar-refractivity contribution in [3.05, 3.63) is 251 Å². The van der Waals surface area contributed by atoms with Crippen molar-refractivity contribution < 1.29 is 0 Å². The highest BCUT2D eigenvalue weighted by molar-refractivity contribution is 6.16. The van der Waals surface area contributed by atoms with E-state index >= 15 is 0 Å². The normalized spacial score (nSPS) is 16.7. The van der Waals surface area contributed by atoms with Crippen molar-refractivity contribution in [2.24, 2.45) is 15.9 Å². The number of hydrogen-bond acceptors (Lipinski definition) is 4. The molecule has 1 aromatic heterocycles. The average Bonchev–Trinajstić information content (AvgIpc) is 3.84. The topological polar surface area (TPSA) is 50.5 Å². The number of benzene rings is 8. The minimum absolute atomic E-state index is 0.121. The van der Waals surface area contributed by atoms with Crippen molar-refractivity contribution in [3.63, 3.8) is 0 Å². The molecule has 2 heterocycles. The van der Waals surface area contributed by atoms with Crippen molar-refractivity contribution in [1.29, 1.82) is 0 Å². The minimum atomic E-state index is -0.451. The van der Waals surface area contributed by atoms with Crippen LogP contribution in [0.5, 0.6) is 0 Å². The summed E-state index contributed by atoms with van der Waals surface area (Å²) < 4.78 is 0. The van der Waals surface area contributed by atoms with Crippen molar-refractivity contribution >= 4 is 11.5 Å². The zero-order chi connectivity index (χ0) is 42.6. The van der Waals surface area contributed by atoms with Gasteiger partial charge in [0.15, 0.2) is 11.7 Å². The number of aromatic nitrogens is 2. The fourth-order valence-electron chi connectivity index (χ4n) is 10.6. The van der Waals surface area contributed by atoms with Crippen LogP contribution in [0, 0.1) is 5.92 Å².